The standard InChI is InChI=1S/C32H51N7O3/c1-5-17-37(18-6-2)19-7-8-20-38(26-31(40)42-22-21-41-4)23-28-9-11-29(12-10-28)24-39(25-30-33-13-14-34-30)27(3)32-35-15-16-36-32/h9-16,27H,5-8,17-26H2,1-4H3,(H,33,34)(H,35,36). The van der Waals surface area contributed by atoms with Crippen LogP contribution in [0.1, 0.15) is 75.3 Å². The molecule has 3 aromatic rings. The number of unbranched alkanes of at least 4 members (excludes halogenated alkanes) is 1. The molecule has 1 atom stereocenters. The van der Waals surface area contributed by atoms with Crippen molar-refractivity contribution in [3.63, 3.8) is 0 Å². The molecule has 0 radical (unpaired) electrons. The topological polar surface area (TPSA) is 103 Å². The molecule has 1 aromatic carbocycles. The van der Waals surface area contributed by atoms with Gasteiger partial charge in [0, 0.05) is 45.0 Å². The predicted molar refractivity (Wildman–Crippen MR) is 166 cm³/mol. The number of aromatic nitrogens is 4. The number of rotatable bonds is 22. The number of carbonyl (C=O) groups excluding carboxylic acids is 1. The van der Waals surface area contributed by atoms with Crippen LogP contribution in [0.5, 0.6) is 0 Å². The van der Waals surface area contributed by atoms with E-state index in [1.54, 1.807) is 19.5 Å². The second-order valence-corrected chi connectivity index (χ2v) is 10.9. The van der Waals surface area contributed by atoms with Gasteiger partial charge in [-0.25, -0.2) is 9.97 Å². The molecule has 0 fully saturated rings. The molecule has 10 heteroatoms. The number of imidazole rings is 2. The Morgan fingerprint density at radius 3 is 2.07 bits per heavy atom. The summed E-state index contributed by atoms with van der Waals surface area (Å²) in [6.45, 7) is 14.0. The quantitative estimate of drug-likeness (QED) is 0.129. The SMILES string of the molecule is CCCN(CCC)CCCCN(CC(=O)OCCOC)Cc1ccc(CN(Cc2ncc[nH]2)C(C)c2ncc[nH]2)cc1. The van der Waals surface area contributed by atoms with Crippen LogP contribution in [-0.4, -0.2) is 93.7 Å². The smallest absolute Gasteiger partial charge is 0.320 e. The number of hydrogen-bond donors (Lipinski definition) is 2. The first-order chi connectivity index (χ1) is 20.5. The molecule has 2 aromatic heterocycles. The molecule has 0 saturated heterocycles. The van der Waals surface area contributed by atoms with E-state index in [9.17, 15) is 4.79 Å². The number of nitrogens with zero attached hydrogens (tertiary/aromatic N) is 5. The van der Waals surface area contributed by atoms with Crippen molar-refractivity contribution in [1.82, 2.24) is 34.6 Å². The van der Waals surface area contributed by atoms with Gasteiger partial charge in [0.2, 0.25) is 0 Å². The van der Waals surface area contributed by atoms with Gasteiger partial charge in [-0.05, 0) is 69.9 Å². The molecule has 2 heterocycles. The number of H-pyrrole nitrogens is 2. The molecule has 3 rings (SSSR count). The molecule has 0 aliphatic carbocycles. The lowest BCUT2D eigenvalue weighted by Gasteiger charge is -2.27. The average Bonchev–Trinajstić information content (AvgIpc) is 3.71. The Morgan fingerprint density at radius 2 is 1.48 bits per heavy atom. The number of methoxy groups -OCH3 is 1. The number of esters is 1. The summed E-state index contributed by atoms with van der Waals surface area (Å²) < 4.78 is 10.4. The van der Waals surface area contributed by atoms with E-state index >= 15 is 0 Å². The zero-order chi connectivity index (χ0) is 30.0. The van der Waals surface area contributed by atoms with Crippen molar-refractivity contribution < 1.29 is 14.3 Å². The van der Waals surface area contributed by atoms with Crippen molar-refractivity contribution in [2.45, 2.75) is 72.1 Å². The van der Waals surface area contributed by atoms with Gasteiger partial charge in [0.25, 0.3) is 0 Å². The minimum absolute atomic E-state index is 0.0926. The number of hydrogen-bond acceptors (Lipinski definition) is 8. The molecular weight excluding hydrogens is 530 g/mol. The third-order valence-corrected chi connectivity index (χ3v) is 7.37. The van der Waals surface area contributed by atoms with Crippen molar-refractivity contribution in [2.75, 3.05) is 53.0 Å². The highest BCUT2D eigenvalue weighted by Crippen LogP contribution is 2.22. The molecule has 2 N–H and O–H groups in total. The van der Waals surface area contributed by atoms with E-state index in [-0.39, 0.29) is 25.2 Å². The third kappa shape index (κ3) is 12.1. The third-order valence-electron chi connectivity index (χ3n) is 7.37. The van der Waals surface area contributed by atoms with Crippen LogP contribution in [0, 0.1) is 0 Å². The maximum Gasteiger partial charge on any atom is 0.320 e. The van der Waals surface area contributed by atoms with Crippen molar-refractivity contribution >= 4 is 5.97 Å². The Kier molecular flexibility index (Phi) is 15.3. The molecule has 0 saturated carbocycles. The summed E-state index contributed by atoms with van der Waals surface area (Å²) in [6, 6.07) is 8.80. The first-order valence-corrected chi connectivity index (χ1v) is 15.4. The Labute approximate surface area is 251 Å². The van der Waals surface area contributed by atoms with E-state index in [0.717, 1.165) is 57.2 Å². The highest BCUT2D eigenvalue weighted by Gasteiger charge is 2.20. The monoisotopic (exact) mass is 581 g/mol. The highest BCUT2D eigenvalue weighted by atomic mass is 16.6. The second kappa shape index (κ2) is 19.2. The summed E-state index contributed by atoms with van der Waals surface area (Å²) in [6.07, 6.45) is 11.8. The van der Waals surface area contributed by atoms with Gasteiger partial charge >= 0.3 is 5.97 Å². The zero-order valence-electron chi connectivity index (χ0n) is 26.1. The van der Waals surface area contributed by atoms with E-state index in [2.05, 4.69) is 79.7 Å². The predicted octanol–water partition coefficient (Wildman–Crippen LogP) is 4.79. The van der Waals surface area contributed by atoms with Crippen molar-refractivity contribution in [1.29, 1.82) is 0 Å². The lowest BCUT2D eigenvalue weighted by Crippen LogP contribution is -2.33. The highest BCUT2D eigenvalue weighted by molar-refractivity contribution is 5.71. The van der Waals surface area contributed by atoms with Gasteiger partial charge in [-0.15, -0.1) is 0 Å². The van der Waals surface area contributed by atoms with Crippen LogP contribution in [0.3, 0.4) is 0 Å². The van der Waals surface area contributed by atoms with E-state index in [1.807, 2.05) is 12.4 Å². The van der Waals surface area contributed by atoms with Crippen LogP contribution in [0.25, 0.3) is 0 Å². The van der Waals surface area contributed by atoms with Gasteiger partial charge in [-0.3, -0.25) is 14.6 Å². The van der Waals surface area contributed by atoms with E-state index < -0.39 is 0 Å². The summed E-state index contributed by atoms with van der Waals surface area (Å²) in [5, 5.41) is 0. The van der Waals surface area contributed by atoms with Crippen LogP contribution < -0.4 is 0 Å². The molecule has 42 heavy (non-hydrogen) atoms. The maximum atomic E-state index is 12.5. The molecule has 0 aliphatic rings. The van der Waals surface area contributed by atoms with Crippen LogP contribution in [0.15, 0.2) is 49.1 Å². The molecule has 0 bridgehead atoms. The normalized spacial score (nSPS) is 12.5. The van der Waals surface area contributed by atoms with E-state index in [1.165, 1.54) is 24.0 Å². The average molecular weight is 582 g/mol. The van der Waals surface area contributed by atoms with Crippen molar-refractivity contribution in [3.8, 4) is 0 Å². The minimum atomic E-state index is -0.206. The summed E-state index contributed by atoms with van der Waals surface area (Å²) in [4.78, 5) is 35.0. The molecule has 232 valence electrons. The zero-order valence-corrected chi connectivity index (χ0v) is 26.1. The van der Waals surface area contributed by atoms with Crippen LogP contribution >= 0.6 is 0 Å². The fourth-order valence-corrected chi connectivity index (χ4v) is 5.15. The molecule has 1 unspecified atom stereocenters. The number of aromatic amines is 2. The first-order valence-electron chi connectivity index (χ1n) is 15.4. The first kappa shape index (κ1) is 33.5. The van der Waals surface area contributed by atoms with E-state index in [0.29, 0.717) is 19.7 Å². The van der Waals surface area contributed by atoms with Crippen LogP contribution in [0.4, 0.5) is 0 Å². The molecule has 10 nitrogen and oxygen atoms in total. The van der Waals surface area contributed by atoms with Crippen molar-refractivity contribution in [3.05, 3.63) is 71.8 Å². The molecule has 0 aliphatic heterocycles. The van der Waals surface area contributed by atoms with Crippen LogP contribution in [0.2, 0.25) is 0 Å². The van der Waals surface area contributed by atoms with Gasteiger partial charge in [-0.2, -0.15) is 0 Å². The van der Waals surface area contributed by atoms with Gasteiger partial charge < -0.3 is 24.3 Å². The van der Waals surface area contributed by atoms with Crippen molar-refractivity contribution in [2.24, 2.45) is 0 Å². The summed E-state index contributed by atoms with van der Waals surface area (Å²) in [7, 11) is 1.61. The summed E-state index contributed by atoms with van der Waals surface area (Å²) >= 11 is 0. The lowest BCUT2D eigenvalue weighted by atomic mass is 10.1. The fourth-order valence-electron chi connectivity index (χ4n) is 5.15. The minimum Gasteiger partial charge on any atom is -0.462 e. The Bertz CT molecular complexity index is 1080. The van der Waals surface area contributed by atoms with Gasteiger partial charge in [0.1, 0.15) is 18.3 Å². The largest absolute Gasteiger partial charge is 0.462 e. The maximum absolute atomic E-state index is 12.5. The lowest BCUT2D eigenvalue weighted by molar-refractivity contribution is -0.146. The van der Waals surface area contributed by atoms with Gasteiger partial charge in [-0.1, -0.05) is 38.1 Å². The Hall–Kier alpha value is -3.05. The van der Waals surface area contributed by atoms with E-state index in [4.69, 9.17) is 9.47 Å². The van der Waals surface area contributed by atoms with Crippen LogP contribution in [-0.2, 0) is 33.9 Å². The second-order valence-electron chi connectivity index (χ2n) is 10.9. The number of ether oxygens (including phenoxy) is 2. The Morgan fingerprint density at radius 1 is 0.833 bits per heavy atom. The van der Waals surface area contributed by atoms with Gasteiger partial charge in [0.15, 0.2) is 0 Å². The molecule has 0 amide bonds. The Balaban J connectivity index is 1.61. The molecular formula is C32H51N7O3. The van der Waals surface area contributed by atoms with Gasteiger partial charge in [0.05, 0.1) is 25.7 Å². The molecule has 0 spiro atoms. The number of benzene rings is 1. The number of carbonyl (C=O) groups is 1. The fraction of sp³-hybridized carbons (Fsp3) is 0.594. The number of nitrogens with one attached hydrogen (secondary N) is 2. The summed E-state index contributed by atoms with van der Waals surface area (Å²) in [5.41, 5.74) is 2.39. The summed E-state index contributed by atoms with van der Waals surface area (Å²) in [5.74, 6) is 1.65.